The first-order chi connectivity index (χ1) is 17.0. The van der Waals surface area contributed by atoms with Gasteiger partial charge in [0.2, 0.25) is 5.91 Å². The molecule has 1 aliphatic heterocycles. The van der Waals surface area contributed by atoms with Crippen molar-refractivity contribution in [3.63, 3.8) is 0 Å². The number of carbonyl (C=O) groups is 1. The molecule has 25 heavy (non-hydrogen) atoms. The number of anilines is 1. The number of nitrogens with zero attached hydrogens (tertiary/aromatic N) is 2. The maximum absolute atomic E-state index is 13.2. The molecule has 0 saturated carbocycles. The smallest absolute Gasteiger partial charge is 0.226 e. The quantitative estimate of drug-likeness (QED) is 0.783. The maximum atomic E-state index is 13.2. The molecule has 1 saturated heterocycles. The van der Waals surface area contributed by atoms with Gasteiger partial charge < -0.3 is 9.80 Å². The number of carbonyl (C=O) groups excluding carboxylic acids is 1. The minimum atomic E-state index is -2.66. The molecule has 0 N–H and O–H groups in total. The molecule has 3 nitrogen and oxygen atoms in total. The Hall–Kier alpha value is -2.13. The van der Waals surface area contributed by atoms with Crippen molar-refractivity contribution >= 4 is 11.6 Å². The van der Waals surface area contributed by atoms with Crippen LogP contribution < -0.4 is 4.90 Å². The lowest BCUT2D eigenvalue weighted by Gasteiger charge is -2.38. The van der Waals surface area contributed by atoms with Crippen molar-refractivity contribution in [1.82, 2.24) is 4.90 Å². The van der Waals surface area contributed by atoms with Crippen LogP contribution in [-0.4, -0.2) is 36.4 Å². The van der Waals surface area contributed by atoms with Gasteiger partial charge in [-0.2, -0.15) is 0 Å². The number of benzene rings is 2. The second-order valence-electron chi connectivity index (χ2n) is 5.74. The number of hydrogen-bond donors (Lipinski definition) is 0. The molecule has 1 aliphatic rings. The Bertz CT molecular complexity index is 1120. The van der Waals surface area contributed by atoms with Crippen LogP contribution in [0.25, 0.3) is 0 Å². The van der Waals surface area contributed by atoms with E-state index in [0.29, 0.717) is 0 Å². The number of rotatable bonds is 6. The summed E-state index contributed by atoms with van der Waals surface area (Å²) >= 11 is 0. The van der Waals surface area contributed by atoms with E-state index < -0.39 is 74.0 Å². The van der Waals surface area contributed by atoms with Crippen LogP contribution in [0.1, 0.15) is 48.1 Å². The van der Waals surface area contributed by atoms with Gasteiger partial charge in [-0.1, -0.05) is 55.3 Å². The molecule has 3 heteroatoms. The minimum Gasteiger partial charge on any atom is -0.309 e. The van der Waals surface area contributed by atoms with E-state index in [1.165, 1.54) is 17.0 Å². The van der Waals surface area contributed by atoms with Crippen molar-refractivity contribution in [2.75, 3.05) is 24.5 Å². The Labute approximate surface area is 168 Å². The largest absolute Gasteiger partial charge is 0.309 e. The molecular weight excluding hydrogens is 308 g/mol. The Morgan fingerprint density at radius 1 is 1.24 bits per heavy atom. The van der Waals surface area contributed by atoms with Crippen LogP contribution in [0.15, 0.2) is 60.5 Å². The van der Waals surface area contributed by atoms with Gasteiger partial charge >= 0.3 is 0 Å². The number of amides is 1. The molecule has 132 valence electrons. The van der Waals surface area contributed by atoms with Crippen molar-refractivity contribution in [1.29, 1.82) is 0 Å². The SMILES string of the molecule is [2H]c1c([2H])c([2H])c(N(C(=O)CC([2H])([2H])[2H])C2CCN(C([2H])([2H])C([2H])([2H])c3ccccc3)CC2)c([2H])c1[2H]. The lowest BCUT2D eigenvalue weighted by Crippen LogP contribution is -2.47. The summed E-state index contributed by atoms with van der Waals surface area (Å²) < 4.78 is 97.0. The number of aryl methyl sites for hydroxylation is 1. The zero-order valence-corrected chi connectivity index (χ0v) is 13.8. The first kappa shape index (κ1) is 8.05. The Morgan fingerprint density at radius 3 is 2.64 bits per heavy atom. The molecule has 0 atom stereocenters. The molecule has 2 aromatic carbocycles. The molecule has 1 heterocycles. The van der Waals surface area contributed by atoms with Gasteiger partial charge in [0, 0.05) is 47.3 Å². The van der Waals surface area contributed by atoms with Gasteiger partial charge in [-0.15, -0.1) is 0 Å². The molecule has 0 bridgehead atoms. The Balaban J connectivity index is 1.95. The summed E-state index contributed by atoms with van der Waals surface area (Å²) in [6.07, 6.45) is -3.14. The molecule has 0 aromatic heterocycles. The first-order valence-corrected chi connectivity index (χ1v) is 8.20. The molecule has 0 spiro atoms. The minimum absolute atomic E-state index is 0.0137. The summed E-state index contributed by atoms with van der Waals surface area (Å²) in [5.41, 5.74) is -0.253. The molecule has 1 fully saturated rings. The van der Waals surface area contributed by atoms with E-state index in [-0.39, 0.29) is 31.5 Å². The van der Waals surface area contributed by atoms with Crippen molar-refractivity contribution in [3.05, 3.63) is 66.1 Å². The van der Waals surface area contributed by atoms with Crippen molar-refractivity contribution in [2.24, 2.45) is 0 Å². The van der Waals surface area contributed by atoms with Crippen molar-refractivity contribution < 1.29 is 21.2 Å². The van der Waals surface area contributed by atoms with Gasteiger partial charge in [-0.3, -0.25) is 4.79 Å². The topological polar surface area (TPSA) is 23.6 Å². The second kappa shape index (κ2) is 8.82. The highest BCUT2D eigenvalue weighted by Crippen LogP contribution is 2.24. The summed E-state index contributed by atoms with van der Waals surface area (Å²) in [6.45, 7) is -5.11. The van der Waals surface area contributed by atoms with E-state index >= 15 is 0 Å². The number of para-hydroxylation sites is 1. The molecule has 0 radical (unpaired) electrons. The zero-order chi connectivity index (χ0) is 27.9. The van der Waals surface area contributed by atoms with E-state index in [9.17, 15) is 4.79 Å². The van der Waals surface area contributed by atoms with Gasteiger partial charge in [0.05, 0.1) is 6.85 Å². The van der Waals surface area contributed by atoms with E-state index in [1.807, 2.05) is 0 Å². The van der Waals surface area contributed by atoms with Gasteiger partial charge in [0.15, 0.2) is 0 Å². The number of likely N-dealkylation sites (tertiary alicyclic amines) is 1. The summed E-state index contributed by atoms with van der Waals surface area (Å²) in [4.78, 5) is 15.4. The fourth-order valence-electron chi connectivity index (χ4n) is 2.86. The van der Waals surface area contributed by atoms with Gasteiger partial charge in [-0.25, -0.2) is 0 Å². The molecule has 2 aromatic rings. The summed E-state index contributed by atoms with van der Waals surface area (Å²) in [5.74, 6) is -0.931. The Kier molecular flexibility index (Phi) is 2.84. The van der Waals surface area contributed by atoms with E-state index in [1.54, 1.807) is 18.2 Å². The summed E-state index contributed by atoms with van der Waals surface area (Å²) in [5, 5.41) is 0. The van der Waals surface area contributed by atoms with Crippen LogP contribution in [0, 0.1) is 0 Å². The van der Waals surface area contributed by atoms with Crippen LogP contribution in [0.5, 0.6) is 0 Å². The third kappa shape index (κ3) is 4.70. The van der Waals surface area contributed by atoms with Crippen LogP contribution in [0.4, 0.5) is 5.69 Å². The second-order valence-corrected chi connectivity index (χ2v) is 5.74. The molecule has 3 rings (SSSR count). The normalized spacial score (nSPS) is 24.5. The Morgan fingerprint density at radius 2 is 1.96 bits per heavy atom. The maximum Gasteiger partial charge on any atom is 0.226 e. The average Bonchev–Trinajstić information content (AvgIpc) is 2.83. The van der Waals surface area contributed by atoms with E-state index in [4.69, 9.17) is 16.4 Å². The molecule has 0 unspecified atom stereocenters. The molecule has 1 amide bonds. The fourth-order valence-corrected chi connectivity index (χ4v) is 2.86. The van der Waals surface area contributed by atoms with Crippen molar-refractivity contribution in [3.8, 4) is 0 Å². The average molecular weight is 349 g/mol. The van der Waals surface area contributed by atoms with Crippen LogP contribution in [-0.2, 0) is 11.2 Å². The predicted molar refractivity (Wildman–Crippen MR) is 104 cm³/mol. The van der Waals surface area contributed by atoms with Crippen LogP contribution >= 0.6 is 0 Å². The van der Waals surface area contributed by atoms with Crippen LogP contribution in [0.2, 0.25) is 0 Å². The molecular formula is C22H28N2O. The summed E-state index contributed by atoms with van der Waals surface area (Å²) in [6, 6.07) is 3.90. The molecule has 0 aliphatic carbocycles. The van der Waals surface area contributed by atoms with Crippen molar-refractivity contribution in [2.45, 2.75) is 38.5 Å². The van der Waals surface area contributed by atoms with E-state index in [2.05, 4.69) is 0 Å². The van der Waals surface area contributed by atoms with Gasteiger partial charge in [0.25, 0.3) is 0 Å². The predicted octanol–water partition coefficient (Wildman–Crippen LogP) is 4.14. The van der Waals surface area contributed by atoms with Gasteiger partial charge in [-0.05, 0) is 36.9 Å². The summed E-state index contributed by atoms with van der Waals surface area (Å²) in [7, 11) is 0. The first-order valence-electron chi connectivity index (χ1n) is 14.2. The number of piperidine rings is 1. The highest BCUT2D eigenvalue weighted by atomic mass is 16.2. The standard InChI is InChI=1S/C22H28N2O/c1-2-22(25)24(20-11-7-4-8-12-20)21-14-17-23(18-15-21)16-13-19-9-5-3-6-10-19/h3-12,21H,2,13-18H2,1H3/i1D3,4D,7D,8D,11D,12D,13D2,16D2. The lowest BCUT2D eigenvalue weighted by molar-refractivity contribution is -0.119. The van der Waals surface area contributed by atoms with Crippen LogP contribution in [0.3, 0.4) is 0 Å². The third-order valence-corrected chi connectivity index (χ3v) is 4.11. The fraction of sp³-hybridized carbons (Fsp3) is 0.409. The van der Waals surface area contributed by atoms with Gasteiger partial charge in [0.1, 0.15) is 0 Å². The third-order valence-electron chi connectivity index (χ3n) is 4.11. The zero-order valence-electron chi connectivity index (χ0n) is 25.8. The lowest BCUT2D eigenvalue weighted by atomic mass is 10.0. The monoisotopic (exact) mass is 348 g/mol. The number of hydrogen-bond acceptors (Lipinski definition) is 2. The highest BCUT2D eigenvalue weighted by molar-refractivity contribution is 5.93. The van der Waals surface area contributed by atoms with E-state index in [0.717, 1.165) is 4.90 Å². The highest BCUT2D eigenvalue weighted by Gasteiger charge is 2.28.